The molecule has 20 heavy (non-hydrogen) atoms. The van der Waals surface area contributed by atoms with E-state index in [9.17, 15) is 0 Å². The van der Waals surface area contributed by atoms with Gasteiger partial charge in [-0.05, 0) is 49.2 Å². The molecular formula is C15H18N4O. The average molecular weight is 270 g/mol. The Kier molecular flexibility index (Phi) is 3.89. The van der Waals surface area contributed by atoms with Gasteiger partial charge in [-0.25, -0.2) is 4.98 Å². The van der Waals surface area contributed by atoms with E-state index < -0.39 is 0 Å². The van der Waals surface area contributed by atoms with Crippen LogP contribution in [0.5, 0.6) is 0 Å². The van der Waals surface area contributed by atoms with Crippen LogP contribution in [0.4, 0.5) is 11.5 Å². The maximum atomic E-state index is 8.74. The number of anilines is 2. The van der Waals surface area contributed by atoms with Crippen molar-refractivity contribution in [2.24, 2.45) is 10.9 Å². The molecular weight excluding hydrogens is 252 g/mol. The number of benzene rings is 1. The normalized spacial score (nSPS) is 11.4. The average Bonchev–Trinajstić information content (AvgIpc) is 2.44. The molecule has 0 saturated heterocycles. The number of hydrogen-bond donors (Lipinski definition) is 2. The summed E-state index contributed by atoms with van der Waals surface area (Å²) in [4.78, 5) is 6.29. The Bertz CT molecular complexity index is 632. The number of nitrogens with zero attached hydrogens (tertiary/aromatic N) is 3. The van der Waals surface area contributed by atoms with Crippen molar-refractivity contribution in [3.8, 4) is 0 Å². The van der Waals surface area contributed by atoms with Crippen LogP contribution in [0.3, 0.4) is 0 Å². The van der Waals surface area contributed by atoms with Crippen molar-refractivity contribution in [3.63, 3.8) is 0 Å². The highest BCUT2D eigenvalue weighted by atomic mass is 16.4. The van der Waals surface area contributed by atoms with Gasteiger partial charge in [0.2, 0.25) is 0 Å². The van der Waals surface area contributed by atoms with Crippen LogP contribution in [-0.4, -0.2) is 23.1 Å². The lowest BCUT2D eigenvalue weighted by Crippen LogP contribution is -2.16. The van der Waals surface area contributed by atoms with Crippen molar-refractivity contribution in [2.45, 2.75) is 13.8 Å². The molecule has 1 heterocycles. The summed E-state index contributed by atoms with van der Waals surface area (Å²) in [5.74, 6) is 0.807. The summed E-state index contributed by atoms with van der Waals surface area (Å²) in [6.45, 7) is 4.12. The topological polar surface area (TPSA) is 74.7 Å². The van der Waals surface area contributed by atoms with Crippen LogP contribution in [-0.2, 0) is 0 Å². The molecule has 2 aromatic rings. The Morgan fingerprint density at radius 2 is 1.85 bits per heavy atom. The van der Waals surface area contributed by atoms with Crippen molar-refractivity contribution in [1.29, 1.82) is 0 Å². The van der Waals surface area contributed by atoms with Gasteiger partial charge in [-0.15, -0.1) is 0 Å². The third-order valence-electron chi connectivity index (χ3n) is 3.09. The first-order valence-electron chi connectivity index (χ1n) is 6.27. The minimum atomic E-state index is 0.0717. The lowest BCUT2D eigenvalue weighted by Gasteiger charge is -2.20. The molecule has 0 amide bonds. The Labute approximate surface area is 118 Å². The number of pyridine rings is 1. The first-order chi connectivity index (χ1) is 9.51. The van der Waals surface area contributed by atoms with Crippen molar-refractivity contribution >= 4 is 17.3 Å². The molecule has 1 aromatic heterocycles. The maximum absolute atomic E-state index is 8.74. The van der Waals surface area contributed by atoms with Crippen molar-refractivity contribution in [1.82, 2.24) is 4.98 Å². The maximum Gasteiger partial charge on any atom is 0.170 e. The highest BCUT2D eigenvalue weighted by molar-refractivity contribution is 5.97. The number of rotatable bonds is 3. The molecule has 0 bridgehead atoms. The molecule has 0 unspecified atom stereocenters. The van der Waals surface area contributed by atoms with E-state index in [1.165, 1.54) is 11.1 Å². The van der Waals surface area contributed by atoms with Gasteiger partial charge in [-0.2, -0.15) is 0 Å². The van der Waals surface area contributed by atoms with Crippen molar-refractivity contribution < 1.29 is 5.21 Å². The van der Waals surface area contributed by atoms with E-state index in [0.29, 0.717) is 5.56 Å². The minimum Gasteiger partial charge on any atom is -0.409 e. The second kappa shape index (κ2) is 5.61. The van der Waals surface area contributed by atoms with Crippen LogP contribution in [0.2, 0.25) is 0 Å². The second-order valence-electron chi connectivity index (χ2n) is 4.79. The van der Waals surface area contributed by atoms with E-state index in [2.05, 4.69) is 42.2 Å². The molecule has 0 saturated carbocycles. The van der Waals surface area contributed by atoms with Gasteiger partial charge in [0.1, 0.15) is 5.82 Å². The Morgan fingerprint density at radius 3 is 2.45 bits per heavy atom. The molecule has 1 aromatic carbocycles. The van der Waals surface area contributed by atoms with E-state index in [1.807, 2.05) is 11.9 Å². The first-order valence-corrected chi connectivity index (χ1v) is 6.27. The Balaban J connectivity index is 2.40. The van der Waals surface area contributed by atoms with Crippen LogP contribution < -0.4 is 10.6 Å². The molecule has 0 aliphatic heterocycles. The van der Waals surface area contributed by atoms with Gasteiger partial charge in [-0.1, -0.05) is 11.2 Å². The largest absolute Gasteiger partial charge is 0.409 e. The smallest absolute Gasteiger partial charge is 0.170 e. The predicted molar refractivity (Wildman–Crippen MR) is 80.7 cm³/mol. The Hall–Kier alpha value is -2.56. The molecule has 2 rings (SSSR count). The summed E-state index contributed by atoms with van der Waals surface area (Å²) in [6, 6.07) is 9.79. The SMILES string of the molecule is Cc1cc(C)cc(N(C)c2cc(C(N)=NO)ccn2)c1. The lowest BCUT2D eigenvalue weighted by atomic mass is 10.1. The zero-order valence-corrected chi connectivity index (χ0v) is 11.8. The lowest BCUT2D eigenvalue weighted by molar-refractivity contribution is 0.318. The summed E-state index contributed by atoms with van der Waals surface area (Å²) in [7, 11) is 1.94. The third kappa shape index (κ3) is 2.88. The summed E-state index contributed by atoms with van der Waals surface area (Å²) >= 11 is 0. The van der Waals surface area contributed by atoms with Gasteiger partial charge in [0.15, 0.2) is 5.84 Å². The van der Waals surface area contributed by atoms with E-state index in [0.717, 1.165) is 11.5 Å². The molecule has 5 heteroatoms. The summed E-state index contributed by atoms with van der Waals surface area (Å²) in [6.07, 6.45) is 1.64. The molecule has 0 atom stereocenters. The minimum absolute atomic E-state index is 0.0717. The number of oxime groups is 1. The summed E-state index contributed by atoms with van der Waals surface area (Å²) in [5.41, 5.74) is 9.67. The number of nitrogens with two attached hydrogens (primary N) is 1. The van der Waals surface area contributed by atoms with Gasteiger partial charge < -0.3 is 15.8 Å². The fourth-order valence-corrected chi connectivity index (χ4v) is 2.10. The van der Waals surface area contributed by atoms with Gasteiger partial charge in [0, 0.05) is 24.5 Å². The molecule has 0 spiro atoms. The van der Waals surface area contributed by atoms with Gasteiger partial charge in [0.25, 0.3) is 0 Å². The molecule has 0 radical (unpaired) electrons. The molecule has 104 valence electrons. The highest BCUT2D eigenvalue weighted by Gasteiger charge is 2.08. The number of aryl methyl sites for hydroxylation is 2. The van der Waals surface area contributed by atoms with Crippen LogP contribution in [0.1, 0.15) is 16.7 Å². The van der Waals surface area contributed by atoms with Crippen molar-refractivity contribution in [2.75, 3.05) is 11.9 Å². The Morgan fingerprint density at radius 1 is 1.20 bits per heavy atom. The number of hydrogen-bond acceptors (Lipinski definition) is 4. The second-order valence-corrected chi connectivity index (χ2v) is 4.79. The highest BCUT2D eigenvalue weighted by Crippen LogP contribution is 2.24. The zero-order valence-electron chi connectivity index (χ0n) is 11.8. The van der Waals surface area contributed by atoms with E-state index in [1.54, 1.807) is 18.3 Å². The monoisotopic (exact) mass is 270 g/mol. The van der Waals surface area contributed by atoms with Crippen LogP contribution in [0.15, 0.2) is 41.7 Å². The quantitative estimate of drug-likeness (QED) is 0.389. The van der Waals surface area contributed by atoms with Crippen LogP contribution >= 0.6 is 0 Å². The molecule has 0 fully saturated rings. The fourth-order valence-electron chi connectivity index (χ4n) is 2.10. The molecule has 3 N–H and O–H groups in total. The summed E-state index contributed by atoms with van der Waals surface area (Å²) in [5, 5.41) is 11.7. The van der Waals surface area contributed by atoms with E-state index in [-0.39, 0.29) is 5.84 Å². The predicted octanol–water partition coefficient (Wildman–Crippen LogP) is 2.56. The molecule has 0 aliphatic carbocycles. The molecule has 0 aliphatic rings. The third-order valence-corrected chi connectivity index (χ3v) is 3.09. The van der Waals surface area contributed by atoms with Gasteiger partial charge in [-0.3, -0.25) is 0 Å². The van der Waals surface area contributed by atoms with Crippen LogP contribution in [0, 0.1) is 13.8 Å². The van der Waals surface area contributed by atoms with Crippen molar-refractivity contribution in [3.05, 3.63) is 53.2 Å². The molecule has 5 nitrogen and oxygen atoms in total. The van der Waals surface area contributed by atoms with Gasteiger partial charge >= 0.3 is 0 Å². The fraction of sp³-hybridized carbons (Fsp3) is 0.200. The summed E-state index contributed by atoms with van der Waals surface area (Å²) < 4.78 is 0. The van der Waals surface area contributed by atoms with Gasteiger partial charge in [0.05, 0.1) is 0 Å². The van der Waals surface area contributed by atoms with E-state index in [4.69, 9.17) is 10.9 Å². The zero-order chi connectivity index (χ0) is 14.7. The first kappa shape index (κ1) is 13.9. The van der Waals surface area contributed by atoms with Crippen LogP contribution in [0.25, 0.3) is 0 Å². The van der Waals surface area contributed by atoms with E-state index >= 15 is 0 Å². The standard InChI is InChI=1S/C15H18N4O/c1-10-6-11(2)8-13(7-10)19(3)14-9-12(4-5-17-14)15(16)18-20/h4-9,20H,1-3H3,(H2,16,18). The number of aromatic nitrogens is 1. The number of amidine groups is 1.